The molecule has 0 aliphatic rings. The highest BCUT2D eigenvalue weighted by molar-refractivity contribution is 5.69. The van der Waals surface area contributed by atoms with Gasteiger partial charge in [0.25, 0.3) is 0 Å². The number of nitrogens with zero attached hydrogens (tertiary/aromatic N) is 1. The van der Waals surface area contributed by atoms with Crippen LogP contribution in [0.1, 0.15) is 39.5 Å². The van der Waals surface area contributed by atoms with E-state index in [0.29, 0.717) is 6.42 Å². The average molecular weight is 255 g/mol. The Morgan fingerprint density at radius 3 is 2.35 bits per heavy atom. The van der Waals surface area contributed by atoms with Gasteiger partial charge in [0.2, 0.25) is 0 Å². The van der Waals surface area contributed by atoms with Gasteiger partial charge in [-0.25, -0.2) is 0 Å². The van der Waals surface area contributed by atoms with E-state index in [-0.39, 0.29) is 6.04 Å². The van der Waals surface area contributed by atoms with Crippen molar-refractivity contribution in [3.8, 4) is 0 Å². The molecule has 3 nitrogen and oxygen atoms in total. The molecule has 0 bridgehead atoms. The molecule has 102 valence electrons. The fraction of sp³-hybridized carbons (Fsp3) is 0.909. The Morgan fingerprint density at radius 1 is 1.35 bits per heavy atom. The standard InChI is InChI=1S/C11H20F3NO2/c1-3-4-5-6-9(2)15(7-10(16)17)8-11(12,13)14/h9H,3-8H2,1-2H3,(H,16,17). The lowest BCUT2D eigenvalue weighted by Gasteiger charge is -2.28. The third kappa shape index (κ3) is 8.97. The summed E-state index contributed by atoms with van der Waals surface area (Å²) in [5, 5.41) is 8.59. The van der Waals surface area contributed by atoms with Gasteiger partial charge in [0, 0.05) is 6.04 Å². The van der Waals surface area contributed by atoms with Crippen LogP contribution in [0.3, 0.4) is 0 Å². The smallest absolute Gasteiger partial charge is 0.401 e. The maximum Gasteiger partial charge on any atom is 0.401 e. The van der Waals surface area contributed by atoms with Crippen LogP contribution in [0.2, 0.25) is 0 Å². The minimum absolute atomic E-state index is 0.362. The summed E-state index contributed by atoms with van der Waals surface area (Å²) in [5.74, 6) is -1.23. The number of carboxylic acid groups (broad SMARTS) is 1. The van der Waals surface area contributed by atoms with Crippen LogP contribution in [0, 0.1) is 0 Å². The first kappa shape index (κ1) is 16.2. The summed E-state index contributed by atoms with van der Waals surface area (Å²) in [6, 6.07) is -0.362. The number of hydrogen-bond donors (Lipinski definition) is 1. The number of carbonyl (C=O) groups is 1. The molecule has 0 amide bonds. The number of unbranched alkanes of at least 4 members (excludes halogenated alkanes) is 2. The summed E-state index contributed by atoms with van der Waals surface area (Å²) in [4.78, 5) is 11.5. The Bertz CT molecular complexity index is 231. The van der Waals surface area contributed by atoms with Crippen molar-refractivity contribution in [1.29, 1.82) is 0 Å². The van der Waals surface area contributed by atoms with E-state index in [2.05, 4.69) is 0 Å². The van der Waals surface area contributed by atoms with Crippen molar-refractivity contribution in [3.63, 3.8) is 0 Å². The minimum atomic E-state index is -4.35. The summed E-state index contributed by atoms with van der Waals surface area (Å²) < 4.78 is 36.8. The Hall–Kier alpha value is -0.780. The van der Waals surface area contributed by atoms with Gasteiger partial charge in [-0.1, -0.05) is 26.2 Å². The van der Waals surface area contributed by atoms with Gasteiger partial charge in [0.15, 0.2) is 0 Å². The molecule has 0 spiro atoms. The second-order valence-corrected chi connectivity index (χ2v) is 4.26. The molecule has 1 N–H and O–H groups in total. The lowest BCUT2D eigenvalue weighted by molar-refractivity contribution is -0.157. The summed E-state index contributed by atoms with van der Waals surface area (Å²) in [6.07, 6.45) is -0.987. The maximum atomic E-state index is 12.3. The molecule has 0 aliphatic heterocycles. The molecule has 0 saturated heterocycles. The van der Waals surface area contributed by atoms with Crippen molar-refractivity contribution >= 4 is 5.97 Å². The van der Waals surface area contributed by atoms with Gasteiger partial charge in [0.1, 0.15) is 0 Å². The van der Waals surface area contributed by atoms with Gasteiger partial charge in [0.05, 0.1) is 13.1 Å². The van der Waals surface area contributed by atoms with Crippen LogP contribution in [-0.4, -0.2) is 41.3 Å². The number of rotatable bonds is 8. The Morgan fingerprint density at radius 2 is 1.94 bits per heavy atom. The molecule has 1 atom stereocenters. The van der Waals surface area contributed by atoms with Crippen molar-refractivity contribution in [2.45, 2.75) is 51.7 Å². The van der Waals surface area contributed by atoms with E-state index < -0.39 is 25.2 Å². The Balaban J connectivity index is 4.29. The molecule has 0 aromatic heterocycles. The highest BCUT2D eigenvalue weighted by Crippen LogP contribution is 2.19. The van der Waals surface area contributed by atoms with Crippen molar-refractivity contribution in [2.24, 2.45) is 0 Å². The summed E-state index contributed by atoms with van der Waals surface area (Å²) >= 11 is 0. The second kappa shape index (κ2) is 7.53. The molecular formula is C11H20F3NO2. The van der Waals surface area contributed by atoms with Crippen molar-refractivity contribution in [3.05, 3.63) is 0 Å². The largest absolute Gasteiger partial charge is 0.480 e. The second-order valence-electron chi connectivity index (χ2n) is 4.26. The summed E-state index contributed by atoms with van der Waals surface area (Å²) in [7, 11) is 0. The molecule has 0 radical (unpaired) electrons. The van der Waals surface area contributed by atoms with Crippen LogP contribution in [0.5, 0.6) is 0 Å². The van der Waals surface area contributed by atoms with E-state index in [4.69, 9.17) is 5.11 Å². The fourth-order valence-corrected chi connectivity index (χ4v) is 1.64. The van der Waals surface area contributed by atoms with Gasteiger partial charge in [-0.15, -0.1) is 0 Å². The SMILES string of the molecule is CCCCCC(C)N(CC(=O)O)CC(F)(F)F. The maximum absolute atomic E-state index is 12.3. The topological polar surface area (TPSA) is 40.5 Å². The average Bonchev–Trinajstić information content (AvgIpc) is 2.14. The van der Waals surface area contributed by atoms with E-state index in [1.807, 2.05) is 6.92 Å². The Labute approximate surface area is 99.6 Å². The van der Waals surface area contributed by atoms with Gasteiger partial charge in [-0.2, -0.15) is 13.2 Å². The third-order valence-corrected chi connectivity index (χ3v) is 2.57. The van der Waals surface area contributed by atoms with E-state index in [0.717, 1.165) is 24.2 Å². The fourth-order valence-electron chi connectivity index (χ4n) is 1.64. The molecule has 17 heavy (non-hydrogen) atoms. The van der Waals surface area contributed by atoms with Crippen LogP contribution in [0.4, 0.5) is 13.2 Å². The van der Waals surface area contributed by atoms with Gasteiger partial charge in [-0.3, -0.25) is 9.69 Å². The van der Waals surface area contributed by atoms with E-state index in [1.54, 1.807) is 6.92 Å². The van der Waals surface area contributed by atoms with Gasteiger partial charge < -0.3 is 5.11 Å². The van der Waals surface area contributed by atoms with E-state index in [1.165, 1.54) is 0 Å². The molecule has 0 aromatic carbocycles. The first-order chi connectivity index (χ1) is 7.76. The quantitative estimate of drug-likeness (QED) is 0.678. The predicted molar refractivity (Wildman–Crippen MR) is 58.9 cm³/mol. The molecular weight excluding hydrogens is 235 g/mol. The van der Waals surface area contributed by atoms with Crippen molar-refractivity contribution in [2.75, 3.05) is 13.1 Å². The first-order valence-electron chi connectivity index (χ1n) is 5.79. The van der Waals surface area contributed by atoms with Crippen LogP contribution in [-0.2, 0) is 4.79 Å². The molecule has 6 heteroatoms. The third-order valence-electron chi connectivity index (χ3n) is 2.57. The first-order valence-corrected chi connectivity index (χ1v) is 5.79. The summed E-state index contributed by atoms with van der Waals surface area (Å²) in [6.45, 7) is 1.93. The molecule has 1 unspecified atom stereocenters. The van der Waals surface area contributed by atoms with Crippen LogP contribution in [0.15, 0.2) is 0 Å². The minimum Gasteiger partial charge on any atom is -0.480 e. The summed E-state index contributed by atoms with van der Waals surface area (Å²) in [5.41, 5.74) is 0. The molecule has 0 heterocycles. The van der Waals surface area contributed by atoms with Gasteiger partial charge >= 0.3 is 12.1 Å². The Kier molecular flexibility index (Phi) is 7.18. The van der Waals surface area contributed by atoms with Crippen molar-refractivity contribution in [1.82, 2.24) is 4.90 Å². The zero-order valence-corrected chi connectivity index (χ0v) is 10.3. The monoisotopic (exact) mass is 255 g/mol. The molecule has 0 fully saturated rings. The van der Waals surface area contributed by atoms with E-state index >= 15 is 0 Å². The zero-order valence-electron chi connectivity index (χ0n) is 10.3. The number of hydrogen-bond acceptors (Lipinski definition) is 2. The number of carboxylic acids is 1. The number of halogens is 3. The molecule has 0 saturated carbocycles. The van der Waals surface area contributed by atoms with E-state index in [9.17, 15) is 18.0 Å². The van der Waals surface area contributed by atoms with Crippen molar-refractivity contribution < 1.29 is 23.1 Å². The normalized spacial score (nSPS) is 14.0. The van der Waals surface area contributed by atoms with Crippen LogP contribution in [0.25, 0.3) is 0 Å². The molecule has 0 rings (SSSR count). The molecule has 0 aliphatic carbocycles. The highest BCUT2D eigenvalue weighted by atomic mass is 19.4. The van der Waals surface area contributed by atoms with Crippen LogP contribution >= 0.6 is 0 Å². The number of alkyl halides is 3. The highest BCUT2D eigenvalue weighted by Gasteiger charge is 2.33. The zero-order chi connectivity index (χ0) is 13.5. The lowest BCUT2D eigenvalue weighted by Crippen LogP contribution is -2.43. The predicted octanol–water partition coefficient (Wildman–Crippen LogP) is 2.90. The molecule has 0 aromatic rings. The van der Waals surface area contributed by atoms with Gasteiger partial charge in [-0.05, 0) is 13.3 Å². The van der Waals surface area contributed by atoms with Crippen LogP contribution < -0.4 is 0 Å². The lowest BCUT2D eigenvalue weighted by atomic mass is 10.1. The number of aliphatic carboxylic acids is 1.